The maximum absolute atomic E-state index is 11.4. The second-order valence-electron chi connectivity index (χ2n) is 3.08. The normalized spacial score (nSPS) is 10.1. The third-order valence-corrected chi connectivity index (χ3v) is 2.16. The Labute approximate surface area is 91.5 Å². The predicted octanol–water partition coefficient (Wildman–Crippen LogP) is 0.579. The van der Waals surface area contributed by atoms with Crippen molar-refractivity contribution >= 4 is 5.91 Å². The second kappa shape index (κ2) is 4.01. The van der Waals surface area contributed by atoms with Crippen LogP contribution in [0.1, 0.15) is 10.4 Å². The minimum Gasteiger partial charge on any atom is -0.496 e. The van der Waals surface area contributed by atoms with Crippen molar-refractivity contribution in [2.75, 3.05) is 7.11 Å². The van der Waals surface area contributed by atoms with Gasteiger partial charge in [0.15, 0.2) is 5.82 Å². The van der Waals surface area contributed by atoms with Crippen molar-refractivity contribution in [3.05, 3.63) is 30.1 Å². The molecule has 2 rings (SSSR count). The standard InChI is InChI=1S/C10H10N4O2/c1-16-7-4-2-3-6(8(7)9(11)15)10-12-5-13-14-10/h2-5H,1H3,(H2,11,15)(H,12,13,14). The van der Waals surface area contributed by atoms with E-state index in [1.54, 1.807) is 18.2 Å². The molecular weight excluding hydrogens is 208 g/mol. The zero-order chi connectivity index (χ0) is 11.5. The SMILES string of the molecule is COc1cccc(-c2ncn[nH]2)c1C(N)=O. The molecule has 0 saturated carbocycles. The molecule has 82 valence electrons. The molecular formula is C10H10N4O2. The van der Waals surface area contributed by atoms with Gasteiger partial charge in [0, 0.05) is 5.56 Å². The number of benzene rings is 1. The molecule has 2 aromatic rings. The number of nitrogens with zero attached hydrogens (tertiary/aromatic N) is 2. The quantitative estimate of drug-likeness (QED) is 0.787. The van der Waals surface area contributed by atoms with Crippen LogP contribution in [-0.2, 0) is 0 Å². The zero-order valence-corrected chi connectivity index (χ0v) is 8.60. The van der Waals surface area contributed by atoms with Gasteiger partial charge >= 0.3 is 0 Å². The molecule has 1 aromatic carbocycles. The molecule has 0 radical (unpaired) electrons. The fraction of sp³-hybridized carbons (Fsp3) is 0.100. The summed E-state index contributed by atoms with van der Waals surface area (Å²) in [6, 6.07) is 5.15. The number of rotatable bonds is 3. The van der Waals surface area contributed by atoms with Gasteiger partial charge in [-0.3, -0.25) is 9.89 Å². The van der Waals surface area contributed by atoms with Crippen LogP contribution in [0.25, 0.3) is 11.4 Å². The number of primary amides is 1. The van der Waals surface area contributed by atoms with Gasteiger partial charge in [0.25, 0.3) is 5.91 Å². The molecule has 0 saturated heterocycles. The molecule has 3 N–H and O–H groups in total. The van der Waals surface area contributed by atoms with Crippen molar-refractivity contribution in [1.82, 2.24) is 15.2 Å². The van der Waals surface area contributed by atoms with E-state index in [0.29, 0.717) is 22.7 Å². The van der Waals surface area contributed by atoms with Crippen molar-refractivity contribution in [2.45, 2.75) is 0 Å². The fourth-order valence-corrected chi connectivity index (χ4v) is 1.49. The summed E-state index contributed by atoms with van der Waals surface area (Å²) in [4.78, 5) is 15.4. The Bertz CT molecular complexity index is 508. The van der Waals surface area contributed by atoms with E-state index in [1.165, 1.54) is 13.4 Å². The number of aromatic amines is 1. The Hall–Kier alpha value is -2.37. The number of carbonyl (C=O) groups is 1. The van der Waals surface area contributed by atoms with Crippen LogP contribution in [0.2, 0.25) is 0 Å². The molecule has 0 unspecified atom stereocenters. The van der Waals surface area contributed by atoms with Crippen molar-refractivity contribution in [2.24, 2.45) is 5.73 Å². The molecule has 0 aliphatic carbocycles. The first kappa shape index (κ1) is 10.2. The van der Waals surface area contributed by atoms with Gasteiger partial charge in [-0.25, -0.2) is 4.98 Å². The third kappa shape index (κ3) is 1.60. The summed E-state index contributed by atoms with van der Waals surface area (Å²) in [7, 11) is 1.48. The maximum Gasteiger partial charge on any atom is 0.253 e. The van der Waals surface area contributed by atoms with E-state index in [-0.39, 0.29) is 0 Å². The predicted molar refractivity (Wildman–Crippen MR) is 56.9 cm³/mol. The lowest BCUT2D eigenvalue weighted by atomic mass is 10.1. The van der Waals surface area contributed by atoms with Crippen molar-refractivity contribution in [3.8, 4) is 17.1 Å². The third-order valence-electron chi connectivity index (χ3n) is 2.16. The summed E-state index contributed by atoms with van der Waals surface area (Å²) < 4.78 is 5.08. The number of nitrogens with two attached hydrogens (primary N) is 1. The average molecular weight is 218 g/mol. The highest BCUT2D eigenvalue weighted by molar-refractivity contribution is 6.01. The van der Waals surface area contributed by atoms with E-state index in [0.717, 1.165) is 0 Å². The Morgan fingerprint density at radius 3 is 2.88 bits per heavy atom. The van der Waals surface area contributed by atoms with Crippen molar-refractivity contribution < 1.29 is 9.53 Å². The Kier molecular flexibility index (Phi) is 2.55. The first-order valence-corrected chi connectivity index (χ1v) is 4.56. The number of amides is 1. The van der Waals surface area contributed by atoms with E-state index < -0.39 is 5.91 Å². The van der Waals surface area contributed by atoms with Gasteiger partial charge in [-0.05, 0) is 6.07 Å². The van der Waals surface area contributed by atoms with Crippen LogP contribution in [0.15, 0.2) is 24.5 Å². The number of ether oxygens (including phenoxy) is 1. The average Bonchev–Trinajstić information content (AvgIpc) is 2.81. The monoisotopic (exact) mass is 218 g/mol. The van der Waals surface area contributed by atoms with Crippen LogP contribution < -0.4 is 10.5 Å². The highest BCUT2D eigenvalue weighted by atomic mass is 16.5. The number of hydrogen-bond donors (Lipinski definition) is 2. The molecule has 1 amide bonds. The van der Waals surface area contributed by atoms with Crippen LogP contribution in [-0.4, -0.2) is 28.2 Å². The van der Waals surface area contributed by atoms with Gasteiger partial charge in [0.1, 0.15) is 12.1 Å². The summed E-state index contributed by atoms with van der Waals surface area (Å²) in [5, 5.41) is 6.40. The van der Waals surface area contributed by atoms with Gasteiger partial charge in [0.2, 0.25) is 0 Å². The number of aromatic nitrogens is 3. The molecule has 6 nitrogen and oxygen atoms in total. The van der Waals surface area contributed by atoms with Gasteiger partial charge in [-0.2, -0.15) is 5.10 Å². The molecule has 1 heterocycles. The number of carbonyl (C=O) groups excluding carboxylic acids is 1. The van der Waals surface area contributed by atoms with Gasteiger partial charge in [-0.15, -0.1) is 0 Å². The molecule has 0 aliphatic heterocycles. The topological polar surface area (TPSA) is 93.9 Å². The van der Waals surface area contributed by atoms with Gasteiger partial charge in [-0.1, -0.05) is 12.1 Å². The van der Waals surface area contributed by atoms with Crippen molar-refractivity contribution in [1.29, 1.82) is 0 Å². The highest BCUT2D eigenvalue weighted by Crippen LogP contribution is 2.27. The Morgan fingerprint density at radius 1 is 1.50 bits per heavy atom. The largest absolute Gasteiger partial charge is 0.496 e. The molecule has 16 heavy (non-hydrogen) atoms. The minimum atomic E-state index is -0.566. The molecule has 1 aromatic heterocycles. The summed E-state index contributed by atoms with van der Waals surface area (Å²) >= 11 is 0. The zero-order valence-electron chi connectivity index (χ0n) is 8.60. The lowest BCUT2D eigenvalue weighted by molar-refractivity contribution is 0.0998. The first-order chi connectivity index (χ1) is 7.74. The summed E-state index contributed by atoms with van der Waals surface area (Å²) in [6.45, 7) is 0. The molecule has 0 aliphatic rings. The lowest BCUT2D eigenvalue weighted by Gasteiger charge is -2.08. The second-order valence-corrected chi connectivity index (χ2v) is 3.08. The van der Waals surface area contributed by atoms with Gasteiger partial charge in [0.05, 0.1) is 12.7 Å². The lowest BCUT2D eigenvalue weighted by Crippen LogP contribution is -2.14. The maximum atomic E-state index is 11.4. The minimum absolute atomic E-state index is 0.293. The van der Waals surface area contributed by atoms with E-state index in [2.05, 4.69) is 15.2 Å². The summed E-state index contributed by atoms with van der Waals surface area (Å²) in [5.74, 6) is 0.331. The molecule has 0 fully saturated rings. The summed E-state index contributed by atoms with van der Waals surface area (Å²) in [6.07, 6.45) is 1.36. The molecule has 0 spiro atoms. The van der Waals surface area contributed by atoms with Crippen LogP contribution in [0.5, 0.6) is 5.75 Å². The summed E-state index contributed by atoms with van der Waals surface area (Å²) in [5.41, 5.74) is 6.18. The smallest absolute Gasteiger partial charge is 0.253 e. The van der Waals surface area contributed by atoms with Crippen LogP contribution in [0.4, 0.5) is 0 Å². The van der Waals surface area contributed by atoms with E-state index in [1.807, 2.05) is 0 Å². The molecule has 0 bridgehead atoms. The van der Waals surface area contributed by atoms with Gasteiger partial charge < -0.3 is 10.5 Å². The van der Waals surface area contributed by atoms with Crippen molar-refractivity contribution in [3.63, 3.8) is 0 Å². The number of methoxy groups -OCH3 is 1. The fourth-order valence-electron chi connectivity index (χ4n) is 1.49. The molecule has 0 atom stereocenters. The van der Waals surface area contributed by atoms with E-state index in [9.17, 15) is 4.79 Å². The molecule has 6 heteroatoms. The van der Waals surface area contributed by atoms with Crippen LogP contribution in [0.3, 0.4) is 0 Å². The number of H-pyrrole nitrogens is 1. The Balaban J connectivity index is 2.65. The van der Waals surface area contributed by atoms with E-state index >= 15 is 0 Å². The Morgan fingerprint density at radius 2 is 2.31 bits per heavy atom. The van der Waals surface area contributed by atoms with Crippen LogP contribution in [0, 0.1) is 0 Å². The first-order valence-electron chi connectivity index (χ1n) is 4.56. The number of nitrogens with one attached hydrogen (secondary N) is 1. The highest BCUT2D eigenvalue weighted by Gasteiger charge is 2.17. The van der Waals surface area contributed by atoms with E-state index in [4.69, 9.17) is 10.5 Å². The number of hydrogen-bond acceptors (Lipinski definition) is 4. The van der Waals surface area contributed by atoms with Crippen LogP contribution >= 0.6 is 0 Å².